The Balaban J connectivity index is 2.39. The predicted octanol–water partition coefficient (Wildman–Crippen LogP) is -0.0930. The van der Waals surface area contributed by atoms with Gasteiger partial charge < -0.3 is 15.2 Å². The van der Waals surface area contributed by atoms with Crippen molar-refractivity contribution in [1.82, 2.24) is 10.4 Å². The van der Waals surface area contributed by atoms with E-state index in [-0.39, 0.29) is 0 Å². The molecule has 2 N–H and O–H groups in total. The summed E-state index contributed by atoms with van der Waals surface area (Å²) >= 11 is 0. The van der Waals surface area contributed by atoms with Gasteiger partial charge in [0.1, 0.15) is 0 Å². The summed E-state index contributed by atoms with van der Waals surface area (Å²) in [4.78, 5) is 0. The Hall–Kier alpha value is -1.26. The summed E-state index contributed by atoms with van der Waals surface area (Å²) in [6, 6.07) is 0. The van der Waals surface area contributed by atoms with Crippen LogP contribution in [0.1, 0.15) is 0 Å². The Morgan fingerprint density at radius 1 is 1.33 bits per heavy atom. The smallest absolute Gasteiger partial charge is 0.269 e. The van der Waals surface area contributed by atoms with E-state index < -0.39 is 0 Å². The highest BCUT2D eigenvalue weighted by Gasteiger charge is 2.12. The van der Waals surface area contributed by atoms with E-state index >= 15 is 0 Å². The molecule has 0 atom stereocenters. The van der Waals surface area contributed by atoms with Crippen molar-refractivity contribution in [3.63, 3.8) is 0 Å². The average molecular weight is 126 g/mol. The Bertz CT molecular complexity index is 188. The molecule has 0 unspecified atom stereocenters. The first-order valence-electron chi connectivity index (χ1n) is 2.77. The fraction of sp³-hybridized carbons (Fsp3) is 0.500. The van der Waals surface area contributed by atoms with E-state index in [0.29, 0.717) is 11.7 Å². The Morgan fingerprint density at radius 3 is 3.11 bits per heavy atom. The molecule has 2 rings (SSSR count). The lowest BCUT2D eigenvalue weighted by Gasteiger charge is -2.10. The van der Waals surface area contributed by atoms with Crippen LogP contribution in [0, 0.1) is 0 Å². The number of hydrogen-bond donors (Lipinski definition) is 2. The van der Waals surface area contributed by atoms with Gasteiger partial charge in [-0.1, -0.05) is 5.10 Å². The monoisotopic (exact) mass is 126 g/mol. The summed E-state index contributed by atoms with van der Waals surface area (Å²) < 4.78 is 4.72. The van der Waals surface area contributed by atoms with Gasteiger partial charge in [-0.05, 0) is 0 Å². The van der Waals surface area contributed by atoms with Crippen molar-refractivity contribution in [2.75, 3.05) is 23.7 Å². The molecule has 9 heavy (non-hydrogen) atoms. The molecule has 1 aliphatic heterocycles. The summed E-state index contributed by atoms with van der Waals surface area (Å²) in [6.07, 6.45) is 0. The predicted molar refractivity (Wildman–Crippen MR) is 31.3 cm³/mol. The second-order valence-electron chi connectivity index (χ2n) is 1.80. The van der Waals surface area contributed by atoms with E-state index in [1.54, 1.807) is 0 Å². The molecule has 0 amide bonds. The van der Waals surface area contributed by atoms with Crippen molar-refractivity contribution in [3.8, 4) is 0 Å². The molecule has 0 fully saturated rings. The van der Waals surface area contributed by atoms with Crippen LogP contribution < -0.4 is 10.6 Å². The molecular formula is C4H6N4O. The van der Waals surface area contributed by atoms with Gasteiger partial charge in [-0.25, -0.2) is 0 Å². The third-order valence-electron chi connectivity index (χ3n) is 1.19. The van der Waals surface area contributed by atoms with Gasteiger partial charge in [0.15, 0.2) is 0 Å². The van der Waals surface area contributed by atoms with Gasteiger partial charge in [0, 0.05) is 18.4 Å². The third kappa shape index (κ3) is 0.611. The van der Waals surface area contributed by atoms with Crippen molar-refractivity contribution in [2.24, 2.45) is 0 Å². The van der Waals surface area contributed by atoms with E-state index in [1.807, 2.05) is 0 Å². The number of nitrogens with zero attached hydrogens (tertiary/aromatic N) is 2. The number of aromatic nitrogens is 2. The second-order valence-corrected chi connectivity index (χ2v) is 1.80. The molecule has 0 saturated heterocycles. The molecule has 5 heteroatoms. The SMILES string of the molecule is C1CNc2onnc2N1. The fourth-order valence-electron chi connectivity index (χ4n) is 0.779. The van der Waals surface area contributed by atoms with Crippen LogP contribution in [0.2, 0.25) is 0 Å². The van der Waals surface area contributed by atoms with Crippen LogP contribution >= 0.6 is 0 Å². The van der Waals surface area contributed by atoms with Crippen LogP contribution in [0.15, 0.2) is 4.52 Å². The highest BCUT2D eigenvalue weighted by atomic mass is 16.5. The summed E-state index contributed by atoms with van der Waals surface area (Å²) in [5.74, 6) is 1.35. The number of nitrogens with one attached hydrogen (secondary N) is 2. The molecule has 0 aromatic carbocycles. The summed E-state index contributed by atoms with van der Waals surface area (Å²) in [5.41, 5.74) is 0. The zero-order chi connectivity index (χ0) is 6.10. The Labute approximate surface area is 51.4 Å². The van der Waals surface area contributed by atoms with E-state index in [0.717, 1.165) is 13.1 Å². The molecule has 0 saturated carbocycles. The normalized spacial score (nSPS) is 15.6. The van der Waals surface area contributed by atoms with Crippen LogP contribution in [0.3, 0.4) is 0 Å². The van der Waals surface area contributed by atoms with Gasteiger partial charge in [0.2, 0.25) is 5.82 Å². The maximum absolute atomic E-state index is 4.72. The van der Waals surface area contributed by atoms with Crippen LogP contribution in [0.5, 0.6) is 0 Å². The first-order valence-corrected chi connectivity index (χ1v) is 2.77. The Morgan fingerprint density at radius 2 is 2.22 bits per heavy atom. The maximum atomic E-state index is 4.72. The zero-order valence-electron chi connectivity index (χ0n) is 4.72. The van der Waals surface area contributed by atoms with Gasteiger partial charge in [-0.15, -0.1) is 0 Å². The lowest BCUT2D eigenvalue weighted by molar-refractivity contribution is 0.404. The minimum absolute atomic E-state index is 0.640. The molecule has 1 aromatic rings. The van der Waals surface area contributed by atoms with E-state index in [1.165, 1.54) is 0 Å². The molecule has 5 nitrogen and oxygen atoms in total. The van der Waals surface area contributed by atoms with Crippen molar-refractivity contribution in [3.05, 3.63) is 0 Å². The zero-order valence-corrected chi connectivity index (χ0v) is 4.72. The Kier molecular flexibility index (Phi) is 0.824. The van der Waals surface area contributed by atoms with Crippen LogP contribution in [-0.2, 0) is 0 Å². The van der Waals surface area contributed by atoms with Gasteiger partial charge >= 0.3 is 0 Å². The minimum Gasteiger partial charge on any atom is -0.362 e. The average Bonchev–Trinajstić information content (AvgIpc) is 2.33. The van der Waals surface area contributed by atoms with Crippen LogP contribution in [-0.4, -0.2) is 23.5 Å². The fourth-order valence-corrected chi connectivity index (χ4v) is 0.779. The lowest BCUT2D eigenvalue weighted by atomic mass is 10.5. The molecule has 2 heterocycles. The first-order chi connectivity index (χ1) is 4.47. The molecule has 1 aliphatic rings. The summed E-state index contributed by atoms with van der Waals surface area (Å²) in [7, 11) is 0. The molecule has 0 aliphatic carbocycles. The summed E-state index contributed by atoms with van der Waals surface area (Å²) in [5, 5.41) is 13.0. The third-order valence-corrected chi connectivity index (χ3v) is 1.19. The standard InChI is InChI=1S/C4H6N4O/c1-2-6-4-3(5-1)7-8-9-4/h5-6H,1-2H2. The highest BCUT2D eigenvalue weighted by Crippen LogP contribution is 2.18. The molecule has 1 aromatic heterocycles. The molecule has 0 spiro atoms. The second kappa shape index (κ2) is 1.61. The van der Waals surface area contributed by atoms with Gasteiger partial charge in [-0.3, -0.25) is 0 Å². The van der Waals surface area contributed by atoms with Gasteiger partial charge in [0.25, 0.3) is 5.88 Å². The molecule has 48 valence electrons. The van der Waals surface area contributed by atoms with Crippen molar-refractivity contribution in [2.45, 2.75) is 0 Å². The van der Waals surface area contributed by atoms with Crippen LogP contribution in [0.4, 0.5) is 11.7 Å². The van der Waals surface area contributed by atoms with E-state index in [2.05, 4.69) is 21.0 Å². The van der Waals surface area contributed by atoms with Crippen LogP contribution in [0.25, 0.3) is 0 Å². The summed E-state index contributed by atoms with van der Waals surface area (Å²) in [6.45, 7) is 1.74. The first kappa shape index (κ1) is 4.60. The largest absolute Gasteiger partial charge is 0.362 e. The quantitative estimate of drug-likeness (QED) is 0.508. The maximum Gasteiger partial charge on any atom is 0.269 e. The minimum atomic E-state index is 0.640. The lowest BCUT2D eigenvalue weighted by Crippen LogP contribution is -2.19. The highest BCUT2D eigenvalue weighted by molar-refractivity contribution is 5.57. The number of fused-ring (bicyclic) bond motifs is 1. The molecular weight excluding hydrogens is 120 g/mol. The van der Waals surface area contributed by atoms with Crippen molar-refractivity contribution < 1.29 is 4.52 Å². The number of rotatable bonds is 0. The van der Waals surface area contributed by atoms with Crippen molar-refractivity contribution in [1.29, 1.82) is 0 Å². The van der Waals surface area contributed by atoms with Gasteiger partial charge in [-0.2, -0.15) is 0 Å². The molecule has 0 bridgehead atoms. The topological polar surface area (TPSA) is 63.0 Å². The van der Waals surface area contributed by atoms with Crippen molar-refractivity contribution >= 4 is 11.7 Å². The van der Waals surface area contributed by atoms with E-state index in [9.17, 15) is 0 Å². The van der Waals surface area contributed by atoms with E-state index in [4.69, 9.17) is 4.52 Å². The molecule has 0 radical (unpaired) electrons. The number of anilines is 2. The number of hydrogen-bond acceptors (Lipinski definition) is 5. The van der Waals surface area contributed by atoms with Gasteiger partial charge in [0.05, 0.1) is 0 Å².